The van der Waals surface area contributed by atoms with Crippen molar-refractivity contribution in [2.75, 3.05) is 5.32 Å². The van der Waals surface area contributed by atoms with Gasteiger partial charge in [0.1, 0.15) is 17.5 Å². The third-order valence-electron chi connectivity index (χ3n) is 3.23. The quantitative estimate of drug-likeness (QED) is 0.716. The largest absolute Gasteiger partial charge is 0.321 e. The molecule has 0 spiro atoms. The van der Waals surface area contributed by atoms with E-state index in [9.17, 15) is 18.0 Å². The van der Waals surface area contributed by atoms with Gasteiger partial charge in [0.15, 0.2) is 0 Å². The van der Waals surface area contributed by atoms with Gasteiger partial charge in [-0.1, -0.05) is 6.07 Å². The molecule has 1 heterocycles. The molecule has 0 aliphatic rings. The molecule has 1 aromatic heterocycles. The van der Waals surface area contributed by atoms with Gasteiger partial charge >= 0.3 is 0 Å². The zero-order chi connectivity index (χ0) is 15.9. The van der Waals surface area contributed by atoms with Crippen molar-refractivity contribution in [2.24, 2.45) is 0 Å². The van der Waals surface area contributed by atoms with E-state index >= 15 is 0 Å². The number of amides is 1. The van der Waals surface area contributed by atoms with Crippen molar-refractivity contribution in [3.8, 4) is 0 Å². The Kier molecular flexibility index (Phi) is 3.62. The molecule has 2 aromatic carbocycles. The molecule has 0 atom stereocenters. The molecule has 3 aromatic rings. The van der Waals surface area contributed by atoms with Crippen LogP contribution in [0.5, 0.6) is 0 Å². The third kappa shape index (κ3) is 2.57. The van der Waals surface area contributed by atoms with Gasteiger partial charge in [-0.15, -0.1) is 11.3 Å². The number of halogens is 3. The number of hydrogen-bond donors (Lipinski definition) is 1. The highest BCUT2D eigenvalue weighted by Crippen LogP contribution is 2.33. The summed E-state index contributed by atoms with van der Waals surface area (Å²) in [5.74, 6) is -2.49. The van der Waals surface area contributed by atoms with Crippen LogP contribution in [0.25, 0.3) is 10.1 Å². The van der Waals surface area contributed by atoms with Crippen molar-refractivity contribution in [3.63, 3.8) is 0 Å². The second-order valence-electron chi connectivity index (χ2n) is 4.78. The summed E-state index contributed by atoms with van der Waals surface area (Å²) in [6.45, 7) is 1.64. The molecule has 0 saturated heterocycles. The Morgan fingerprint density at radius 1 is 1.09 bits per heavy atom. The van der Waals surface area contributed by atoms with E-state index in [2.05, 4.69) is 5.32 Å². The molecule has 2 nitrogen and oxygen atoms in total. The van der Waals surface area contributed by atoms with Crippen LogP contribution in [0.3, 0.4) is 0 Å². The number of nitrogens with one attached hydrogen (secondary N) is 1. The van der Waals surface area contributed by atoms with Gasteiger partial charge in [0.2, 0.25) is 0 Å². The average molecular weight is 321 g/mol. The lowest BCUT2D eigenvalue weighted by molar-refractivity contribution is 0.103. The normalized spacial score (nSPS) is 10.9. The highest BCUT2D eigenvalue weighted by molar-refractivity contribution is 7.21. The highest BCUT2D eigenvalue weighted by atomic mass is 32.1. The van der Waals surface area contributed by atoms with E-state index in [0.29, 0.717) is 20.5 Å². The summed E-state index contributed by atoms with van der Waals surface area (Å²) in [5, 5.41) is 2.82. The maximum absolute atomic E-state index is 13.8. The predicted octanol–water partition coefficient (Wildman–Crippen LogP) is 4.88. The fourth-order valence-electron chi connectivity index (χ4n) is 2.28. The van der Waals surface area contributed by atoms with E-state index in [1.165, 1.54) is 6.07 Å². The van der Waals surface area contributed by atoms with Gasteiger partial charge in [0.05, 0.1) is 4.88 Å². The number of anilines is 1. The number of carbonyl (C=O) groups is 1. The summed E-state index contributed by atoms with van der Waals surface area (Å²) in [5.41, 5.74) is 0.521. The van der Waals surface area contributed by atoms with Crippen molar-refractivity contribution in [1.82, 2.24) is 0 Å². The van der Waals surface area contributed by atoms with Gasteiger partial charge in [-0.25, -0.2) is 13.2 Å². The molecule has 3 rings (SSSR count). The van der Waals surface area contributed by atoms with E-state index in [1.807, 2.05) is 0 Å². The van der Waals surface area contributed by atoms with E-state index in [1.54, 1.807) is 19.1 Å². The van der Waals surface area contributed by atoms with Crippen LogP contribution in [0.2, 0.25) is 0 Å². The van der Waals surface area contributed by atoms with Crippen molar-refractivity contribution in [1.29, 1.82) is 0 Å². The fraction of sp³-hybridized carbons (Fsp3) is 0.0625. The first-order chi connectivity index (χ1) is 10.5. The minimum absolute atomic E-state index is 0.0137. The number of benzene rings is 2. The standard InChI is InChI=1S/C16H10F3NOS/c1-8-14-12(19)3-2-4-13(14)22-15(8)16(21)20-11-6-9(17)5-10(18)7-11/h2-7H,1H3,(H,20,21). The SMILES string of the molecule is Cc1c(C(=O)Nc2cc(F)cc(F)c2)sc2cccc(F)c12. The molecule has 1 amide bonds. The number of aryl methyl sites for hydroxylation is 1. The van der Waals surface area contributed by atoms with Gasteiger partial charge in [-0.05, 0) is 36.8 Å². The molecule has 0 unspecified atom stereocenters. The van der Waals surface area contributed by atoms with Crippen molar-refractivity contribution in [3.05, 3.63) is 64.3 Å². The molecule has 22 heavy (non-hydrogen) atoms. The monoisotopic (exact) mass is 321 g/mol. The maximum Gasteiger partial charge on any atom is 0.266 e. The average Bonchev–Trinajstić information content (AvgIpc) is 2.76. The molecule has 0 aliphatic heterocycles. The van der Waals surface area contributed by atoms with Gasteiger partial charge in [0.25, 0.3) is 5.91 Å². The molecular weight excluding hydrogens is 311 g/mol. The van der Waals surface area contributed by atoms with Gasteiger partial charge < -0.3 is 5.32 Å². The van der Waals surface area contributed by atoms with Crippen LogP contribution < -0.4 is 5.32 Å². The van der Waals surface area contributed by atoms with Crippen molar-refractivity contribution < 1.29 is 18.0 Å². The van der Waals surface area contributed by atoms with E-state index in [-0.39, 0.29) is 5.69 Å². The van der Waals surface area contributed by atoms with Crippen molar-refractivity contribution >= 4 is 33.0 Å². The summed E-state index contributed by atoms with van der Waals surface area (Å²) in [4.78, 5) is 12.6. The first-order valence-electron chi connectivity index (χ1n) is 6.41. The Hall–Kier alpha value is -2.34. The molecule has 6 heteroatoms. The van der Waals surface area contributed by atoms with Crippen LogP contribution in [-0.2, 0) is 0 Å². The van der Waals surface area contributed by atoms with E-state index < -0.39 is 23.4 Å². The second-order valence-corrected chi connectivity index (χ2v) is 5.83. The smallest absolute Gasteiger partial charge is 0.266 e. The van der Waals surface area contributed by atoms with Crippen LogP contribution in [-0.4, -0.2) is 5.91 Å². The van der Waals surface area contributed by atoms with Crippen LogP contribution in [0, 0.1) is 24.4 Å². The lowest BCUT2D eigenvalue weighted by Gasteiger charge is -2.05. The fourth-order valence-corrected chi connectivity index (χ4v) is 3.40. The number of thiophene rings is 1. The first kappa shape index (κ1) is 14.6. The molecular formula is C16H10F3NOS. The summed E-state index contributed by atoms with van der Waals surface area (Å²) in [7, 11) is 0. The van der Waals surface area contributed by atoms with Crippen LogP contribution in [0.15, 0.2) is 36.4 Å². The minimum Gasteiger partial charge on any atom is -0.321 e. The number of hydrogen-bond acceptors (Lipinski definition) is 2. The van der Waals surface area contributed by atoms with Crippen LogP contribution in [0.4, 0.5) is 18.9 Å². The Bertz CT molecular complexity index is 868. The summed E-state index contributed by atoms with van der Waals surface area (Å²) in [6, 6.07) is 7.36. The Balaban J connectivity index is 1.99. The zero-order valence-electron chi connectivity index (χ0n) is 11.4. The molecule has 0 bridgehead atoms. The van der Waals surface area contributed by atoms with Crippen LogP contribution in [0.1, 0.15) is 15.2 Å². The second kappa shape index (κ2) is 5.46. The summed E-state index contributed by atoms with van der Waals surface area (Å²) >= 11 is 1.13. The Labute approximate surface area is 128 Å². The Morgan fingerprint density at radius 2 is 1.77 bits per heavy atom. The van der Waals surface area contributed by atoms with Gasteiger partial charge in [-0.3, -0.25) is 4.79 Å². The van der Waals surface area contributed by atoms with Crippen molar-refractivity contribution in [2.45, 2.75) is 6.92 Å². The van der Waals surface area contributed by atoms with Gasteiger partial charge in [-0.2, -0.15) is 0 Å². The molecule has 1 N–H and O–H groups in total. The summed E-state index contributed by atoms with van der Waals surface area (Å²) < 4.78 is 40.8. The zero-order valence-corrected chi connectivity index (χ0v) is 12.2. The first-order valence-corrected chi connectivity index (χ1v) is 7.22. The lowest BCUT2D eigenvalue weighted by Crippen LogP contribution is -2.11. The van der Waals surface area contributed by atoms with Crippen LogP contribution >= 0.6 is 11.3 Å². The summed E-state index contributed by atoms with van der Waals surface area (Å²) in [6.07, 6.45) is 0. The van der Waals surface area contributed by atoms with E-state index in [4.69, 9.17) is 0 Å². The highest BCUT2D eigenvalue weighted by Gasteiger charge is 2.18. The Morgan fingerprint density at radius 3 is 2.41 bits per heavy atom. The predicted molar refractivity (Wildman–Crippen MR) is 80.8 cm³/mol. The maximum atomic E-state index is 13.8. The minimum atomic E-state index is -0.783. The lowest BCUT2D eigenvalue weighted by atomic mass is 10.1. The molecule has 112 valence electrons. The molecule has 0 fully saturated rings. The van der Waals surface area contributed by atoms with Gasteiger partial charge in [0, 0.05) is 21.8 Å². The molecule has 0 aliphatic carbocycles. The number of fused-ring (bicyclic) bond motifs is 1. The van der Waals surface area contributed by atoms with E-state index in [0.717, 1.165) is 29.5 Å². The molecule has 0 radical (unpaired) electrons. The molecule has 0 saturated carbocycles. The topological polar surface area (TPSA) is 29.1 Å². The third-order valence-corrected chi connectivity index (χ3v) is 4.49. The number of carbonyl (C=O) groups excluding carboxylic acids is 1. The number of rotatable bonds is 2.